The minimum Gasteiger partial charge on any atom is -0.492 e. The third-order valence-corrected chi connectivity index (χ3v) is 2.76. The van der Waals surface area contributed by atoms with Crippen LogP contribution in [0.25, 0.3) is 0 Å². The van der Waals surface area contributed by atoms with Crippen LogP contribution in [0.4, 0.5) is 0 Å². The zero-order chi connectivity index (χ0) is 12.1. The van der Waals surface area contributed by atoms with Gasteiger partial charge in [0, 0.05) is 5.92 Å². The van der Waals surface area contributed by atoms with Gasteiger partial charge in [-0.3, -0.25) is 4.79 Å². The Labute approximate surface area is 104 Å². The number of ether oxygens (including phenoxy) is 1. The molecule has 1 rings (SSSR count). The summed E-state index contributed by atoms with van der Waals surface area (Å²) in [5, 5.41) is 9.35. The first-order valence-corrected chi connectivity index (χ1v) is 5.55. The van der Waals surface area contributed by atoms with E-state index in [0.717, 1.165) is 0 Å². The molecule has 0 aliphatic rings. The summed E-state index contributed by atoms with van der Waals surface area (Å²) >= 11 is 11.7. The van der Waals surface area contributed by atoms with Crippen molar-refractivity contribution in [3.8, 4) is 5.75 Å². The van der Waals surface area contributed by atoms with Crippen LogP contribution in [-0.2, 0) is 4.79 Å². The van der Waals surface area contributed by atoms with Crippen LogP contribution < -0.4 is 4.74 Å². The molecule has 1 aromatic carbocycles. The molecule has 1 N–H and O–H groups in total. The molecule has 0 saturated carbocycles. The average Bonchev–Trinajstić information content (AvgIpc) is 2.19. The van der Waals surface area contributed by atoms with Crippen molar-refractivity contribution in [3.63, 3.8) is 0 Å². The molecule has 0 heterocycles. The highest BCUT2D eigenvalue weighted by Gasteiger charge is 2.10. The van der Waals surface area contributed by atoms with Gasteiger partial charge < -0.3 is 9.84 Å². The maximum atomic E-state index is 10.4. The minimum absolute atomic E-state index is 0.0676. The van der Waals surface area contributed by atoms with Crippen molar-refractivity contribution in [2.24, 2.45) is 5.92 Å². The normalized spacial score (nSPS) is 12.2. The molecule has 5 heteroatoms. The molecule has 0 radical (unpaired) electrons. The van der Waals surface area contributed by atoms with E-state index in [2.05, 4.69) is 0 Å². The van der Waals surface area contributed by atoms with Crippen LogP contribution in [0.2, 0.25) is 10.0 Å². The zero-order valence-electron chi connectivity index (χ0n) is 8.74. The lowest BCUT2D eigenvalue weighted by molar-refractivity contribution is -0.138. The molecule has 0 aliphatic heterocycles. The van der Waals surface area contributed by atoms with Crippen LogP contribution in [-0.4, -0.2) is 17.7 Å². The number of hydrogen-bond acceptors (Lipinski definition) is 2. The van der Waals surface area contributed by atoms with Crippen molar-refractivity contribution in [2.75, 3.05) is 6.61 Å². The van der Waals surface area contributed by atoms with Crippen molar-refractivity contribution in [3.05, 3.63) is 28.2 Å². The molecule has 88 valence electrons. The Morgan fingerprint density at radius 1 is 1.50 bits per heavy atom. The average molecular weight is 263 g/mol. The monoisotopic (exact) mass is 262 g/mol. The number of hydrogen-bond donors (Lipinski definition) is 1. The standard InChI is InChI=1S/C11H12Cl2O3/c1-7(5-10(14)15)6-16-9-4-2-3-8(12)11(9)13/h2-4,7H,5-6H2,1H3,(H,14,15). The lowest BCUT2D eigenvalue weighted by atomic mass is 10.1. The Bertz CT molecular complexity index is 379. The maximum absolute atomic E-state index is 10.4. The third kappa shape index (κ3) is 3.91. The van der Waals surface area contributed by atoms with Crippen molar-refractivity contribution in [1.82, 2.24) is 0 Å². The van der Waals surface area contributed by atoms with Crippen molar-refractivity contribution < 1.29 is 14.6 Å². The van der Waals surface area contributed by atoms with Gasteiger partial charge in [0.15, 0.2) is 0 Å². The number of benzene rings is 1. The van der Waals surface area contributed by atoms with Crippen molar-refractivity contribution in [1.29, 1.82) is 0 Å². The van der Waals surface area contributed by atoms with Gasteiger partial charge in [-0.2, -0.15) is 0 Å². The molecule has 0 aromatic heterocycles. The summed E-state index contributed by atoms with van der Waals surface area (Å²) in [4.78, 5) is 10.4. The van der Waals surface area contributed by atoms with Crippen LogP contribution >= 0.6 is 23.2 Å². The zero-order valence-corrected chi connectivity index (χ0v) is 10.3. The van der Waals surface area contributed by atoms with Gasteiger partial charge in [-0.25, -0.2) is 0 Å². The van der Waals surface area contributed by atoms with E-state index in [0.29, 0.717) is 22.4 Å². The predicted molar refractivity (Wildman–Crippen MR) is 63.4 cm³/mol. The fraction of sp³-hybridized carbons (Fsp3) is 0.364. The van der Waals surface area contributed by atoms with Gasteiger partial charge in [-0.05, 0) is 12.1 Å². The van der Waals surface area contributed by atoms with E-state index in [9.17, 15) is 4.79 Å². The fourth-order valence-corrected chi connectivity index (χ4v) is 1.53. The van der Waals surface area contributed by atoms with E-state index in [4.69, 9.17) is 33.0 Å². The maximum Gasteiger partial charge on any atom is 0.303 e. The predicted octanol–water partition coefficient (Wildman–Crippen LogP) is 3.48. The largest absolute Gasteiger partial charge is 0.492 e. The SMILES string of the molecule is CC(COc1cccc(Cl)c1Cl)CC(=O)O. The summed E-state index contributed by atoms with van der Waals surface area (Å²) in [5.74, 6) is -0.438. The molecule has 0 fully saturated rings. The number of rotatable bonds is 5. The fourth-order valence-electron chi connectivity index (χ4n) is 1.18. The van der Waals surface area contributed by atoms with Gasteiger partial charge in [-0.1, -0.05) is 36.2 Å². The van der Waals surface area contributed by atoms with E-state index < -0.39 is 5.97 Å². The summed E-state index contributed by atoms with van der Waals surface area (Å²) in [5.41, 5.74) is 0. The Hall–Kier alpha value is -0.930. The van der Waals surface area contributed by atoms with Gasteiger partial charge in [0.2, 0.25) is 0 Å². The van der Waals surface area contributed by atoms with Gasteiger partial charge in [0.25, 0.3) is 0 Å². The molecule has 0 aliphatic carbocycles. The molecule has 0 bridgehead atoms. The molecular weight excluding hydrogens is 251 g/mol. The quantitative estimate of drug-likeness (QED) is 0.884. The summed E-state index contributed by atoms with van der Waals surface area (Å²) in [6.07, 6.45) is 0.0676. The minimum atomic E-state index is -0.840. The third-order valence-electron chi connectivity index (χ3n) is 1.96. The van der Waals surface area contributed by atoms with Gasteiger partial charge in [-0.15, -0.1) is 0 Å². The summed E-state index contributed by atoms with van der Waals surface area (Å²) in [6.45, 7) is 2.10. The first-order chi connectivity index (χ1) is 7.50. The van der Waals surface area contributed by atoms with Gasteiger partial charge in [0.1, 0.15) is 10.8 Å². The molecule has 0 spiro atoms. The van der Waals surface area contributed by atoms with Crippen LogP contribution in [0, 0.1) is 5.92 Å². The van der Waals surface area contributed by atoms with E-state index in [1.165, 1.54) is 0 Å². The number of halogens is 2. The summed E-state index contributed by atoms with van der Waals surface area (Å²) in [6, 6.07) is 5.09. The second-order valence-corrected chi connectivity index (χ2v) is 4.35. The first-order valence-electron chi connectivity index (χ1n) is 4.79. The Morgan fingerprint density at radius 3 is 2.81 bits per heavy atom. The molecule has 1 aromatic rings. The van der Waals surface area contributed by atoms with E-state index >= 15 is 0 Å². The topological polar surface area (TPSA) is 46.5 Å². The van der Waals surface area contributed by atoms with Gasteiger partial charge >= 0.3 is 5.97 Å². The smallest absolute Gasteiger partial charge is 0.303 e. The highest BCUT2D eigenvalue weighted by Crippen LogP contribution is 2.31. The van der Waals surface area contributed by atoms with Crippen LogP contribution in [0.1, 0.15) is 13.3 Å². The van der Waals surface area contributed by atoms with Gasteiger partial charge in [0.05, 0.1) is 18.1 Å². The van der Waals surface area contributed by atoms with Crippen molar-refractivity contribution in [2.45, 2.75) is 13.3 Å². The Morgan fingerprint density at radius 2 is 2.19 bits per heavy atom. The molecule has 16 heavy (non-hydrogen) atoms. The summed E-state index contributed by atoms with van der Waals surface area (Å²) < 4.78 is 5.40. The van der Waals surface area contributed by atoms with Crippen LogP contribution in [0.3, 0.4) is 0 Å². The van der Waals surface area contributed by atoms with E-state index in [1.807, 2.05) is 0 Å². The summed E-state index contributed by atoms with van der Waals surface area (Å²) in [7, 11) is 0. The molecule has 1 atom stereocenters. The van der Waals surface area contributed by atoms with E-state index in [1.54, 1.807) is 25.1 Å². The number of carboxylic acid groups (broad SMARTS) is 1. The molecule has 0 amide bonds. The molecular formula is C11H12Cl2O3. The molecule has 1 unspecified atom stereocenters. The number of aliphatic carboxylic acids is 1. The number of carboxylic acids is 1. The highest BCUT2D eigenvalue weighted by atomic mass is 35.5. The van der Waals surface area contributed by atoms with Crippen LogP contribution in [0.5, 0.6) is 5.75 Å². The van der Waals surface area contributed by atoms with Crippen molar-refractivity contribution >= 4 is 29.2 Å². The first kappa shape index (κ1) is 13.1. The molecule has 0 saturated heterocycles. The molecule has 3 nitrogen and oxygen atoms in total. The highest BCUT2D eigenvalue weighted by molar-refractivity contribution is 6.42. The number of carbonyl (C=O) groups is 1. The Balaban J connectivity index is 2.54. The van der Waals surface area contributed by atoms with Crippen LogP contribution in [0.15, 0.2) is 18.2 Å². The Kier molecular flexibility index (Phi) is 4.90. The lowest BCUT2D eigenvalue weighted by Crippen LogP contribution is -2.13. The lowest BCUT2D eigenvalue weighted by Gasteiger charge is -2.12. The van der Waals surface area contributed by atoms with E-state index in [-0.39, 0.29) is 12.3 Å². The second-order valence-electron chi connectivity index (χ2n) is 3.57. The second kappa shape index (κ2) is 5.97.